The number of halogens is 6. The molecule has 0 aliphatic carbocycles. The first-order valence-corrected chi connectivity index (χ1v) is 8.47. The van der Waals surface area contributed by atoms with Gasteiger partial charge in [0.1, 0.15) is 0 Å². The first kappa shape index (κ1) is 24.5. The molecule has 156 valence electrons. The summed E-state index contributed by atoms with van der Waals surface area (Å²) in [6.45, 7) is 2.70. The van der Waals surface area contributed by atoms with Gasteiger partial charge in [0.2, 0.25) is 0 Å². The lowest BCUT2D eigenvalue weighted by Gasteiger charge is -2.30. The highest BCUT2D eigenvalue weighted by Gasteiger charge is 2.41. The summed E-state index contributed by atoms with van der Waals surface area (Å²) in [6.07, 6.45) is -1.08. The van der Waals surface area contributed by atoms with E-state index in [1.807, 2.05) is 6.92 Å². The largest absolute Gasteiger partial charge is 0.434 e. The molecule has 2 atom stereocenters. The van der Waals surface area contributed by atoms with Crippen LogP contribution in [0.25, 0.3) is 5.82 Å². The van der Waals surface area contributed by atoms with E-state index in [1.165, 1.54) is 18.3 Å². The summed E-state index contributed by atoms with van der Waals surface area (Å²) in [7, 11) is 0. The molecule has 1 saturated heterocycles. The van der Waals surface area contributed by atoms with E-state index in [1.54, 1.807) is 0 Å². The molecule has 2 N–H and O–H groups in total. The van der Waals surface area contributed by atoms with Crippen molar-refractivity contribution >= 4 is 42.3 Å². The number of pyridine rings is 1. The van der Waals surface area contributed by atoms with E-state index in [4.69, 9.17) is 11.6 Å². The Balaban J connectivity index is 0.00000196. The fourth-order valence-corrected chi connectivity index (χ4v) is 3.17. The van der Waals surface area contributed by atoms with Crippen molar-refractivity contribution in [2.45, 2.75) is 38.0 Å². The number of aromatic nitrogens is 3. The quantitative estimate of drug-likeness (QED) is 0.733. The highest BCUT2D eigenvalue weighted by molar-refractivity contribution is 6.32. The molecule has 1 fully saturated rings. The average molecular weight is 461 g/mol. The zero-order valence-electron chi connectivity index (χ0n) is 14.7. The molecular weight excluding hydrogens is 442 g/mol. The molecule has 1 aliphatic heterocycles. The summed E-state index contributed by atoms with van der Waals surface area (Å²) in [6, 6.07) is 2.62. The van der Waals surface area contributed by atoms with Crippen LogP contribution in [0.2, 0.25) is 5.02 Å². The van der Waals surface area contributed by atoms with Crippen molar-refractivity contribution in [1.82, 2.24) is 25.4 Å². The molecule has 2 unspecified atom stereocenters. The highest BCUT2D eigenvalue weighted by Crippen LogP contribution is 2.34. The Labute approximate surface area is 177 Å². The van der Waals surface area contributed by atoms with Gasteiger partial charge in [-0.15, -0.1) is 24.8 Å². The lowest BCUT2D eigenvalue weighted by molar-refractivity contribution is -0.143. The smallest absolute Gasteiger partial charge is 0.348 e. The SMILES string of the molecule is CC1NCCCC1NC(=O)c1cnn(-c2ncccc2Cl)c1C(F)(F)F.Cl.Cl. The van der Waals surface area contributed by atoms with Crippen molar-refractivity contribution in [2.24, 2.45) is 0 Å². The summed E-state index contributed by atoms with van der Waals surface area (Å²) in [4.78, 5) is 16.4. The third-order valence-electron chi connectivity index (χ3n) is 4.30. The zero-order chi connectivity index (χ0) is 18.9. The second-order valence-electron chi connectivity index (χ2n) is 6.09. The first-order chi connectivity index (χ1) is 12.3. The Hall–Kier alpha value is -1.55. The Morgan fingerprint density at radius 3 is 2.71 bits per heavy atom. The van der Waals surface area contributed by atoms with Gasteiger partial charge < -0.3 is 10.6 Å². The summed E-state index contributed by atoms with van der Waals surface area (Å²) in [5.41, 5.74) is -1.76. The monoisotopic (exact) mass is 459 g/mol. The van der Waals surface area contributed by atoms with E-state index in [0.717, 1.165) is 19.2 Å². The molecule has 12 heteroatoms. The number of alkyl halides is 3. The van der Waals surface area contributed by atoms with E-state index in [2.05, 4.69) is 20.7 Å². The van der Waals surface area contributed by atoms with Crippen molar-refractivity contribution in [3.8, 4) is 5.82 Å². The summed E-state index contributed by atoms with van der Waals surface area (Å²) in [5.74, 6) is -1.01. The fraction of sp³-hybridized carbons (Fsp3) is 0.438. The number of carbonyl (C=O) groups excluding carboxylic acids is 1. The molecule has 3 rings (SSSR count). The van der Waals surface area contributed by atoms with Gasteiger partial charge in [-0.3, -0.25) is 4.79 Å². The van der Waals surface area contributed by atoms with Crippen LogP contribution in [-0.4, -0.2) is 39.3 Å². The van der Waals surface area contributed by atoms with Crippen LogP contribution in [-0.2, 0) is 6.18 Å². The second-order valence-corrected chi connectivity index (χ2v) is 6.50. The molecule has 0 aromatic carbocycles. The molecule has 6 nitrogen and oxygen atoms in total. The van der Waals surface area contributed by atoms with E-state index in [0.29, 0.717) is 11.1 Å². The fourth-order valence-electron chi connectivity index (χ4n) is 2.97. The molecule has 28 heavy (non-hydrogen) atoms. The number of rotatable bonds is 3. The molecule has 0 bridgehead atoms. The van der Waals surface area contributed by atoms with Crippen molar-refractivity contribution in [3.05, 3.63) is 40.8 Å². The van der Waals surface area contributed by atoms with E-state index < -0.39 is 23.3 Å². The highest BCUT2D eigenvalue weighted by atomic mass is 35.5. The van der Waals surface area contributed by atoms with Crippen LogP contribution < -0.4 is 10.6 Å². The molecule has 0 saturated carbocycles. The van der Waals surface area contributed by atoms with Gasteiger partial charge in [0.05, 0.1) is 16.8 Å². The number of piperidine rings is 1. The van der Waals surface area contributed by atoms with Crippen LogP contribution in [0.15, 0.2) is 24.5 Å². The van der Waals surface area contributed by atoms with E-state index in [9.17, 15) is 18.0 Å². The summed E-state index contributed by atoms with van der Waals surface area (Å²) >= 11 is 5.94. The van der Waals surface area contributed by atoms with Crippen LogP contribution in [0.5, 0.6) is 0 Å². The van der Waals surface area contributed by atoms with Gasteiger partial charge >= 0.3 is 6.18 Å². The average Bonchev–Trinajstić information content (AvgIpc) is 3.02. The Morgan fingerprint density at radius 2 is 2.11 bits per heavy atom. The minimum Gasteiger partial charge on any atom is -0.348 e. The van der Waals surface area contributed by atoms with Crippen LogP contribution in [0, 0.1) is 0 Å². The van der Waals surface area contributed by atoms with E-state index in [-0.39, 0.29) is 47.7 Å². The van der Waals surface area contributed by atoms with Gasteiger partial charge in [0.15, 0.2) is 11.5 Å². The lowest BCUT2D eigenvalue weighted by atomic mass is 9.99. The van der Waals surface area contributed by atoms with Crippen LogP contribution in [0.3, 0.4) is 0 Å². The Kier molecular flexibility index (Phi) is 8.55. The minimum atomic E-state index is -4.81. The van der Waals surface area contributed by atoms with Gasteiger partial charge in [-0.25, -0.2) is 9.67 Å². The molecule has 3 heterocycles. The van der Waals surface area contributed by atoms with Crippen molar-refractivity contribution in [2.75, 3.05) is 6.54 Å². The van der Waals surface area contributed by atoms with Crippen molar-refractivity contribution in [3.63, 3.8) is 0 Å². The van der Waals surface area contributed by atoms with Gasteiger partial charge in [-0.2, -0.15) is 18.3 Å². The normalized spacial score (nSPS) is 19.3. The number of nitrogens with zero attached hydrogens (tertiary/aromatic N) is 3. The maximum atomic E-state index is 13.7. The summed E-state index contributed by atoms with van der Waals surface area (Å²) < 4.78 is 41.5. The molecule has 2 aromatic heterocycles. The van der Waals surface area contributed by atoms with Crippen LogP contribution in [0.4, 0.5) is 13.2 Å². The maximum absolute atomic E-state index is 13.7. The first-order valence-electron chi connectivity index (χ1n) is 8.09. The summed E-state index contributed by atoms with van der Waals surface area (Å²) in [5, 5.41) is 9.57. The second kappa shape index (κ2) is 9.78. The molecule has 1 aliphatic rings. The van der Waals surface area contributed by atoms with Crippen LogP contribution >= 0.6 is 36.4 Å². The number of nitrogens with one attached hydrogen (secondary N) is 2. The number of hydrogen-bond donors (Lipinski definition) is 2. The van der Waals surface area contributed by atoms with Gasteiger partial charge in [-0.1, -0.05) is 11.6 Å². The third kappa shape index (κ3) is 5.08. The topological polar surface area (TPSA) is 71.8 Å². The predicted molar refractivity (Wildman–Crippen MR) is 104 cm³/mol. The molecule has 2 aromatic rings. The number of hydrogen-bond acceptors (Lipinski definition) is 4. The predicted octanol–water partition coefficient (Wildman–Crippen LogP) is 3.65. The van der Waals surface area contributed by atoms with E-state index >= 15 is 0 Å². The third-order valence-corrected chi connectivity index (χ3v) is 4.60. The number of carbonyl (C=O) groups is 1. The zero-order valence-corrected chi connectivity index (χ0v) is 17.1. The minimum absolute atomic E-state index is 0. The lowest BCUT2D eigenvalue weighted by Crippen LogP contribution is -2.52. The standard InChI is InChI=1S/C16H17ClF3N5O.2ClH/c1-9-12(5-3-6-21-9)24-15(26)10-8-23-25(13(10)16(18,19)20)14-11(17)4-2-7-22-14;;/h2,4,7-9,12,21H,3,5-6H2,1H3,(H,24,26);2*1H. The molecular formula is C16H19Cl3F3N5O. The Bertz CT molecular complexity index is 815. The van der Waals surface area contributed by atoms with Crippen molar-refractivity contribution < 1.29 is 18.0 Å². The molecule has 0 radical (unpaired) electrons. The van der Waals surface area contributed by atoms with Crippen molar-refractivity contribution in [1.29, 1.82) is 0 Å². The van der Waals surface area contributed by atoms with Gasteiger partial charge in [0, 0.05) is 18.3 Å². The molecule has 0 spiro atoms. The van der Waals surface area contributed by atoms with Crippen LogP contribution in [0.1, 0.15) is 35.8 Å². The number of amides is 1. The Morgan fingerprint density at radius 1 is 1.39 bits per heavy atom. The molecule has 1 amide bonds. The van der Waals surface area contributed by atoms with Gasteiger partial charge in [-0.05, 0) is 38.4 Å². The van der Waals surface area contributed by atoms with Gasteiger partial charge in [0.25, 0.3) is 5.91 Å². The maximum Gasteiger partial charge on any atom is 0.434 e.